The predicted octanol–water partition coefficient (Wildman–Crippen LogP) is 2.94. The van der Waals surface area contributed by atoms with Gasteiger partial charge in [0.25, 0.3) is 0 Å². The molecule has 0 unspecified atom stereocenters. The highest BCUT2D eigenvalue weighted by atomic mass is 32.1. The van der Waals surface area contributed by atoms with E-state index in [9.17, 15) is 4.39 Å². The van der Waals surface area contributed by atoms with Crippen molar-refractivity contribution in [3.05, 3.63) is 70.7 Å². The fourth-order valence-corrected chi connectivity index (χ4v) is 2.91. The molecule has 1 aromatic carbocycles. The molecule has 0 saturated heterocycles. The molecular formula is C17H18FN5S. The third kappa shape index (κ3) is 3.99. The first-order valence-electron chi connectivity index (χ1n) is 7.50. The highest BCUT2D eigenvalue weighted by molar-refractivity contribution is 7.09. The normalized spacial score (nSPS) is 11.5. The van der Waals surface area contributed by atoms with E-state index in [1.165, 1.54) is 10.9 Å². The Hall–Kier alpha value is -2.67. The topological polar surface area (TPSA) is 54.2 Å². The number of hydrogen-bond donors (Lipinski definition) is 2. The standard InChI is InChI=1S/C17H18FN5S/c1-19-17(22-11-14-3-2-8-24-14)21-10-13-4-5-16(15(18)9-13)23-7-6-20-12-23/h2-9,12H,10-11H2,1H3,(H2,19,21,22). The molecule has 0 spiro atoms. The Balaban J connectivity index is 1.58. The van der Waals surface area contributed by atoms with Crippen molar-refractivity contribution in [3.8, 4) is 5.69 Å². The number of thiophene rings is 1. The minimum Gasteiger partial charge on any atom is -0.352 e. The SMILES string of the molecule is CN=C(NCc1ccc(-n2ccnc2)c(F)c1)NCc1cccs1. The summed E-state index contributed by atoms with van der Waals surface area (Å²) in [6.45, 7) is 1.20. The van der Waals surface area contributed by atoms with Gasteiger partial charge in [0.15, 0.2) is 5.96 Å². The Bertz CT molecular complexity index is 797. The molecule has 3 rings (SSSR count). The van der Waals surface area contributed by atoms with Crippen LogP contribution in [0.5, 0.6) is 0 Å². The van der Waals surface area contributed by atoms with Gasteiger partial charge in [0.1, 0.15) is 5.82 Å². The number of benzene rings is 1. The number of rotatable bonds is 5. The molecule has 124 valence electrons. The van der Waals surface area contributed by atoms with Crippen LogP contribution in [-0.4, -0.2) is 22.6 Å². The van der Waals surface area contributed by atoms with Crippen LogP contribution in [-0.2, 0) is 13.1 Å². The lowest BCUT2D eigenvalue weighted by Crippen LogP contribution is -2.36. The van der Waals surface area contributed by atoms with Crippen molar-refractivity contribution in [2.75, 3.05) is 7.05 Å². The van der Waals surface area contributed by atoms with Crippen molar-refractivity contribution in [1.29, 1.82) is 0 Å². The number of guanidine groups is 1. The van der Waals surface area contributed by atoms with Crippen LogP contribution in [0.4, 0.5) is 4.39 Å². The predicted molar refractivity (Wildman–Crippen MR) is 94.9 cm³/mol. The lowest BCUT2D eigenvalue weighted by molar-refractivity contribution is 0.615. The third-order valence-corrected chi connectivity index (χ3v) is 4.36. The van der Waals surface area contributed by atoms with E-state index >= 15 is 0 Å². The fourth-order valence-electron chi connectivity index (χ4n) is 2.26. The van der Waals surface area contributed by atoms with Crippen molar-refractivity contribution in [3.63, 3.8) is 0 Å². The van der Waals surface area contributed by atoms with Gasteiger partial charge in [0.05, 0.1) is 18.6 Å². The van der Waals surface area contributed by atoms with Gasteiger partial charge in [-0.1, -0.05) is 12.1 Å². The van der Waals surface area contributed by atoms with Crippen LogP contribution in [0.2, 0.25) is 0 Å². The lowest BCUT2D eigenvalue weighted by atomic mass is 10.2. The van der Waals surface area contributed by atoms with Crippen molar-refractivity contribution in [2.45, 2.75) is 13.1 Å². The van der Waals surface area contributed by atoms with Crippen molar-refractivity contribution >= 4 is 17.3 Å². The van der Waals surface area contributed by atoms with Crippen molar-refractivity contribution in [2.24, 2.45) is 4.99 Å². The van der Waals surface area contributed by atoms with Crippen molar-refractivity contribution in [1.82, 2.24) is 20.2 Å². The first-order valence-corrected chi connectivity index (χ1v) is 8.38. The molecule has 0 bridgehead atoms. The molecule has 0 fully saturated rings. The Labute approximate surface area is 143 Å². The van der Waals surface area contributed by atoms with Crippen LogP contribution in [0.3, 0.4) is 0 Å². The van der Waals surface area contributed by atoms with Crippen LogP contribution in [0.25, 0.3) is 5.69 Å². The van der Waals surface area contributed by atoms with Crippen molar-refractivity contribution < 1.29 is 4.39 Å². The Morgan fingerprint density at radius 2 is 2.17 bits per heavy atom. The van der Waals surface area contributed by atoms with Gasteiger partial charge in [-0.3, -0.25) is 4.99 Å². The number of halogens is 1. The number of aromatic nitrogens is 2. The average Bonchev–Trinajstić information content (AvgIpc) is 3.29. The average molecular weight is 343 g/mol. The van der Waals surface area contributed by atoms with Gasteiger partial charge in [-0.2, -0.15) is 0 Å². The molecule has 0 saturated carbocycles. The Morgan fingerprint density at radius 1 is 1.29 bits per heavy atom. The van der Waals surface area contributed by atoms with E-state index in [0.29, 0.717) is 24.7 Å². The summed E-state index contributed by atoms with van der Waals surface area (Å²) in [6.07, 6.45) is 4.91. The molecular weight excluding hydrogens is 325 g/mol. The maximum absolute atomic E-state index is 14.2. The van der Waals surface area contributed by atoms with Gasteiger partial charge in [-0.25, -0.2) is 9.37 Å². The van der Waals surface area contributed by atoms with E-state index in [-0.39, 0.29) is 5.82 Å². The smallest absolute Gasteiger partial charge is 0.191 e. The molecule has 0 amide bonds. The summed E-state index contributed by atoms with van der Waals surface area (Å²) in [5, 5.41) is 8.46. The van der Waals surface area contributed by atoms with E-state index in [2.05, 4.69) is 26.7 Å². The molecule has 0 aliphatic heterocycles. The second-order valence-electron chi connectivity index (χ2n) is 5.11. The summed E-state index contributed by atoms with van der Waals surface area (Å²) in [5.74, 6) is 0.399. The molecule has 2 aromatic heterocycles. The lowest BCUT2D eigenvalue weighted by Gasteiger charge is -2.12. The second kappa shape index (κ2) is 7.74. The molecule has 5 nitrogen and oxygen atoms in total. The molecule has 0 radical (unpaired) electrons. The van der Waals surface area contributed by atoms with E-state index in [4.69, 9.17) is 0 Å². The van der Waals surface area contributed by atoms with E-state index in [1.807, 2.05) is 17.5 Å². The molecule has 2 N–H and O–H groups in total. The summed E-state index contributed by atoms with van der Waals surface area (Å²) in [5.41, 5.74) is 1.33. The summed E-state index contributed by atoms with van der Waals surface area (Å²) in [4.78, 5) is 9.34. The maximum atomic E-state index is 14.2. The van der Waals surface area contributed by atoms with Gasteiger partial charge >= 0.3 is 0 Å². The van der Waals surface area contributed by atoms with Gasteiger partial charge in [0, 0.05) is 30.9 Å². The van der Waals surface area contributed by atoms with E-state index in [1.54, 1.807) is 47.7 Å². The summed E-state index contributed by atoms with van der Waals surface area (Å²) < 4.78 is 15.9. The van der Waals surface area contributed by atoms with Gasteiger partial charge in [-0.15, -0.1) is 11.3 Å². The van der Waals surface area contributed by atoms with Gasteiger partial charge in [0.2, 0.25) is 0 Å². The molecule has 0 aliphatic carbocycles. The number of nitrogens with zero attached hydrogens (tertiary/aromatic N) is 3. The monoisotopic (exact) mass is 343 g/mol. The van der Waals surface area contributed by atoms with E-state index in [0.717, 1.165) is 5.56 Å². The minimum absolute atomic E-state index is 0.283. The zero-order valence-electron chi connectivity index (χ0n) is 13.2. The highest BCUT2D eigenvalue weighted by Gasteiger charge is 2.06. The molecule has 0 atom stereocenters. The first kappa shape index (κ1) is 16.2. The molecule has 3 aromatic rings. The van der Waals surface area contributed by atoms with Crippen LogP contribution >= 0.6 is 11.3 Å². The van der Waals surface area contributed by atoms with Crippen LogP contribution in [0, 0.1) is 5.82 Å². The fraction of sp³-hybridized carbons (Fsp3) is 0.176. The summed E-state index contributed by atoms with van der Waals surface area (Å²) in [7, 11) is 1.71. The Kier molecular flexibility index (Phi) is 5.22. The zero-order valence-corrected chi connectivity index (χ0v) is 14.1. The quantitative estimate of drug-likeness (QED) is 0.553. The highest BCUT2D eigenvalue weighted by Crippen LogP contribution is 2.15. The first-order chi connectivity index (χ1) is 11.8. The van der Waals surface area contributed by atoms with Crippen LogP contribution in [0.15, 0.2) is 59.4 Å². The number of hydrogen-bond acceptors (Lipinski definition) is 3. The number of aliphatic imine (C=N–C) groups is 1. The van der Waals surface area contributed by atoms with E-state index < -0.39 is 0 Å². The molecule has 7 heteroatoms. The number of imidazole rings is 1. The third-order valence-electron chi connectivity index (χ3n) is 3.49. The zero-order chi connectivity index (χ0) is 16.8. The van der Waals surface area contributed by atoms with Crippen LogP contribution < -0.4 is 10.6 Å². The summed E-state index contributed by atoms with van der Waals surface area (Å²) in [6, 6.07) is 9.24. The molecule has 2 heterocycles. The van der Waals surface area contributed by atoms with Gasteiger partial charge in [-0.05, 0) is 29.1 Å². The molecule has 24 heavy (non-hydrogen) atoms. The molecule has 0 aliphatic rings. The number of nitrogens with one attached hydrogen (secondary N) is 2. The van der Waals surface area contributed by atoms with Crippen LogP contribution in [0.1, 0.15) is 10.4 Å². The second-order valence-corrected chi connectivity index (χ2v) is 6.15. The van der Waals surface area contributed by atoms with Gasteiger partial charge < -0.3 is 15.2 Å². The maximum Gasteiger partial charge on any atom is 0.191 e. The Morgan fingerprint density at radius 3 is 2.83 bits per heavy atom. The largest absolute Gasteiger partial charge is 0.352 e. The minimum atomic E-state index is -0.283. The summed E-state index contributed by atoms with van der Waals surface area (Å²) >= 11 is 1.69.